The van der Waals surface area contributed by atoms with Gasteiger partial charge in [-0.2, -0.15) is 4.98 Å². The van der Waals surface area contributed by atoms with Crippen molar-refractivity contribution in [3.8, 4) is 11.3 Å². The molecule has 0 radical (unpaired) electrons. The van der Waals surface area contributed by atoms with E-state index in [0.717, 1.165) is 46.3 Å². The number of piperidine rings is 1. The van der Waals surface area contributed by atoms with Crippen LogP contribution in [-0.4, -0.2) is 47.5 Å². The van der Waals surface area contributed by atoms with Gasteiger partial charge in [0.05, 0.1) is 16.0 Å². The average Bonchev–Trinajstić information content (AvgIpc) is 3.48. The highest BCUT2D eigenvalue weighted by atomic mass is 32.1. The number of rotatable bonds is 5. The van der Waals surface area contributed by atoms with Gasteiger partial charge in [-0.3, -0.25) is 4.79 Å². The third kappa shape index (κ3) is 3.93. The van der Waals surface area contributed by atoms with Crippen LogP contribution in [-0.2, 0) is 0 Å². The number of anilines is 1. The Morgan fingerprint density at radius 2 is 1.87 bits per heavy atom. The van der Waals surface area contributed by atoms with E-state index in [0.29, 0.717) is 11.6 Å². The van der Waals surface area contributed by atoms with E-state index in [1.165, 1.54) is 37.7 Å². The molecule has 1 aromatic carbocycles. The second-order valence-corrected chi connectivity index (χ2v) is 9.72. The highest BCUT2D eigenvalue weighted by molar-refractivity contribution is 7.22. The minimum atomic E-state index is 0.0801. The van der Waals surface area contributed by atoms with E-state index in [1.54, 1.807) is 11.3 Å². The lowest BCUT2D eigenvalue weighted by Gasteiger charge is -2.25. The van der Waals surface area contributed by atoms with Gasteiger partial charge in [0.25, 0.3) is 5.91 Å². The second kappa shape index (κ2) is 7.99. The number of hydrogen-bond acceptors (Lipinski definition) is 5. The molecular weight excluding hydrogens is 392 g/mol. The molecule has 1 saturated heterocycles. The summed E-state index contributed by atoms with van der Waals surface area (Å²) in [6.07, 6.45) is 6.16. The average molecular weight is 421 g/mol. The van der Waals surface area contributed by atoms with Crippen LogP contribution in [0.2, 0.25) is 0 Å². The largest absolute Gasteiger partial charge is 0.348 e. The number of carbonyl (C=O) groups excluding carboxylic acids is 1. The maximum atomic E-state index is 13.4. The van der Waals surface area contributed by atoms with E-state index in [4.69, 9.17) is 9.97 Å². The molecule has 2 fully saturated rings. The van der Waals surface area contributed by atoms with E-state index in [2.05, 4.69) is 36.1 Å². The minimum absolute atomic E-state index is 0.0801. The first kappa shape index (κ1) is 19.5. The Morgan fingerprint density at radius 1 is 1.13 bits per heavy atom. The molecule has 0 unspecified atom stereocenters. The van der Waals surface area contributed by atoms with Crippen LogP contribution in [0.1, 0.15) is 48.0 Å². The topological polar surface area (TPSA) is 49.3 Å². The van der Waals surface area contributed by atoms with Crippen molar-refractivity contribution in [2.24, 2.45) is 5.92 Å². The number of aromatic nitrogens is 2. The molecule has 0 atom stereocenters. The molecule has 0 N–H and O–H groups in total. The molecule has 3 heterocycles. The highest BCUT2D eigenvalue weighted by Crippen LogP contribution is 2.35. The Kier molecular flexibility index (Phi) is 5.19. The van der Waals surface area contributed by atoms with E-state index >= 15 is 0 Å². The summed E-state index contributed by atoms with van der Waals surface area (Å²) in [5, 5.41) is 0.997. The lowest BCUT2D eigenvalue weighted by Crippen LogP contribution is -2.29. The molecule has 5 nitrogen and oxygen atoms in total. The minimum Gasteiger partial charge on any atom is -0.348 e. The van der Waals surface area contributed by atoms with Crippen molar-refractivity contribution >= 4 is 32.7 Å². The predicted molar refractivity (Wildman–Crippen MR) is 123 cm³/mol. The maximum absolute atomic E-state index is 13.4. The Morgan fingerprint density at radius 3 is 2.57 bits per heavy atom. The number of hydrogen-bond donors (Lipinski definition) is 0. The Bertz CT molecular complexity index is 1060. The van der Waals surface area contributed by atoms with Crippen molar-refractivity contribution in [3.63, 3.8) is 0 Å². The SMILES string of the molecule is Cc1ccc(-c2cc(C(=O)N(C)CC3CC3)c3sc(N4CCCCC4)nc3n2)cc1. The molecule has 2 aliphatic rings. The lowest BCUT2D eigenvalue weighted by molar-refractivity contribution is 0.0791. The number of benzene rings is 1. The normalized spacial score (nSPS) is 16.8. The Hall–Kier alpha value is -2.47. The second-order valence-electron chi connectivity index (χ2n) is 8.75. The number of thiazole rings is 1. The van der Waals surface area contributed by atoms with Gasteiger partial charge >= 0.3 is 0 Å². The predicted octanol–water partition coefficient (Wildman–Crippen LogP) is 5.14. The van der Waals surface area contributed by atoms with Crippen molar-refractivity contribution in [1.29, 1.82) is 0 Å². The van der Waals surface area contributed by atoms with Crippen LogP contribution >= 0.6 is 11.3 Å². The lowest BCUT2D eigenvalue weighted by atomic mass is 10.1. The van der Waals surface area contributed by atoms with Gasteiger partial charge in [0, 0.05) is 32.2 Å². The monoisotopic (exact) mass is 420 g/mol. The van der Waals surface area contributed by atoms with Crippen molar-refractivity contribution in [2.45, 2.75) is 39.0 Å². The summed E-state index contributed by atoms with van der Waals surface area (Å²) < 4.78 is 0.916. The van der Waals surface area contributed by atoms with Crippen LogP contribution < -0.4 is 4.90 Å². The number of aryl methyl sites for hydroxylation is 1. The molecule has 0 bridgehead atoms. The fraction of sp³-hybridized carbons (Fsp3) is 0.458. The van der Waals surface area contributed by atoms with Gasteiger partial charge in [-0.05, 0) is 51.0 Å². The standard InChI is InChI=1S/C24H28N4OS/c1-16-6-10-18(11-7-16)20-14-19(23(29)27(2)15-17-8-9-17)21-22(25-20)26-24(30-21)28-12-4-3-5-13-28/h6-7,10-11,14,17H,3-5,8-9,12-13,15H2,1-2H3. The molecule has 2 aromatic heterocycles. The molecular formula is C24H28N4OS. The van der Waals surface area contributed by atoms with E-state index < -0.39 is 0 Å². The molecule has 30 heavy (non-hydrogen) atoms. The molecule has 0 spiro atoms. The molecule has 6 heteroatoms. The summed E-state index contributed by atoms with van der Waals surface area (Å²) >= 11 is 1.62. The van der Waals surface area contributed by atoms with E-state index in [9.17, 15) is 4.79 Å². The van der Waals surface area contributed by atoms with E-state index in [1.807, 2.05) is 18.0 Å². The molecule has 1 amide bonds. The third-order valence-electron chi connectivity index (χ3n) is 6.13. The van der Waals surface area contributed by atoms with Gasteiger partial charge in [-0.1, -0.05) is 41.2 Å². The van der Waals surface area contributed by atoms with E-state index in [-0.39, 0.29) is 5.91 Å². The summed E-state index contributed by atoms with van der Waals surface area (Å²) in [5.41, 5.74) is 4.48. The van der Waals surface area contributed by atoms with Gasteiger partial charge in [0.1, 0.15) is 0 Å². The Balaban J connectivity index is 1.58. The Labute approximate surface area is 181 Å². The summed E-state index contributed by atoms with van der Waals surface area (Å²) in [5.74, 6) is 0.745. The number of carbonyl (C=O) groups is 1. The van der Waals surface area contributed by atoms with Crippen molar-refractivity contribution < 1.29 is 4.79 Å². The van der Waals surface area contributed by atoms with Crippen LogP contribution in [0.3, 0.4) is 0 Å². The van der Waals surface area contributed by atoms with Crippen LogP contribution in [0.4, 0.5) is 5.13 Å². The zero-order valence-electron chi connectivity index (χ0n) is 17.7. The van der Waals surface area contributed by atoms with Gasteiger partial charge < -0.3 is 9.80 Å². The highest BCUT2D eigenvalue weighted by Gasteiger charge is 2.27. The summed E-state index contributed by atoms with van der Waals surface area (Å²) in [6, 6.07) is 10.3. The first-order valence-corrected chi connectivity index (χ1v) is 11.8. The zero-order valence-corrected chi connectivity index (χ0v) is 18.5. The number of nitrogens with zero attached hydrogens (tertiary/aromatic N) is 4. The molecule has 1 aliphatic carbocycles. The van der Waals surface area contributed by atoms with Gasteiger partial charge in [-0.15, -0.1) is 0 Å². The first-order chi connectivity index (χ1) is 14.6. The number of fused-ring (bicyclic) bond motifs is 1. The van der Waals surface area contributed by atoms with Gasteiger partial charge in [0.15, 0.2) is 10.8 Å². The van der Waals surface area contributed by atoms with Crippen molar-refractivity contribution in [3.05, 3.63) is 41.5 Å². The van der Waals surface area contributed by atoms with Crippen LogP contribution in [0.5, 0.6) is 0 Å². The quantitative estimate of drug-likeness (QED) is 0.573. The van der Waals surface area contributed by atoms with Gasteiger partial charge in [-0.25, -0.2) is 4.98 Å². The fourth-order valence-corrected chi connectivity index (χ4v) is 5.19. The molecule has 156 valence electrons. The summed E-state index contributed by atoms with van der Waals surface area (Å²) in [6.45, 7) is 4.98. The summed E-state index contributed by atoms with van der Waals surface area (Å²) in [7, 11) is 1.92. The fourth-order valence-electron chi connectivity index (χ4n) is 4.13. The molecule has 1 saturated carbocycles. The summed E-state index contributed by atoms with van der Waals surface area (Å²) in [4.78, 5) is 27.4. The number of pyridine rings is 1. The molecule has 1 aliphatic heterocycles. The van der Waals surface area contributed by atoms with Crippen molar-refractivity contribution in [2.75, 3.05) is 31.6 Å². The van der Waals surface area contributed by atoms with Crippen LogP contribution in [0.15, 0.2) is 30.3 Å². The van der Waals surface area contributed by atoms with Gasteiger partial charge in [0.2, 0.25) is 0 Å². The van der Waals surface area contributed by atoms with Crippen molar-refractivity contribution in [1.82, 2.24) is 14.9 Å². The number of amides is 1. The van der Waals surface area contributed by atoms with Crippen LogP contribution in [0, 0.1) is 12.8 Å². The molecule has 3 aromatic rings. The third-order valence-corrected chi connectivity index (χ3v) is 7.27. The smallest absolute Gasteiger partial charge is 0.255 e. The molecule has 5 rings (SSSR count). The van der Waals surface area contributed by atoms with Crippen LogP contribution in [0.25, 0.3) is 21.6 Å². The first-order valence-electron chi connectivity index (χ1n) is 11.0. The maximum Gasteiger partial charge on any atom is 0.255 e. The zero-order chi connectivity index (χ0) is 20.7.